The van der Waals surface area contributed by atoms with Crippen LogP contribution in [0.5, 0.6) is 0 Å². The van der Waals surface area contributed by atoms with Gasteiger partial charge in [-0.2, -0.15) is 0 Å². The van der Waals surface area contributed by atoms with Crippen LogP contribution in [0, 0.1) is 0 Å². The number of hydrogen-bond acceptors (Lipinski definition) is 8. The predicted molar refractivity (Wildman–Crippen MR) is 161 cm³/mol. The van der Waals surface area contributed by atoms with E-state index in [0.717, 1.165) is 38.9 Å². The number of fused-ring (bicyclic) bond motifs is 3. The van der Waals surface area contributed by atoms with Gasteiger partial charge in [0, 0.05) is 48.1 Å². The summed E-state index contributed by atoms with van der Waals surface area (Å²) in [5.41, 5.74) is 3.62. The minimum atomic E-state index is -0.387. The van der Waals surface area contributed by atoms with Gasteiger partial charge in [0.05, 0.1) is 11.2 Å². The molecule has 1 aliphatic rings. The van der Waals surface area contributed by atoms with Crippen LogP contribution in [0.3, 0.4) is 0 Å². The van der Waals surface area contributed by atoms with E-state index >= 15 is 0 Å². The van der Waals surface area contributed by atoms with Gasteiger partial charge in [0.15, 0.2) is 10.8 Å². The highest BCUT2D eigenvalue weighted by atomic mass is 32.1. The highest BCUT2D eigenvalue weighted by Gasteiger charge is 2.45. The average Bonchev–Trinajstić information content (AvgIpc) is 3.21. The van der Waals surface area contributed by atoms with E-state index in [9.17, 15) is 4.79 Å². The molecule has 208 valence electrons. The van der Waals surface area contributed by atoms with Crippen molar-refractivity contribution >= 4 is 50.0 Å². The summed E-state index contributed by atoms with van der Waals surface area (Å²) in [5.74, 6) is 2.06. The smallest absolute Gasteiger partial charge is 0.324 e. The SMILES string of the molecule is CN(CC1(N(C)C)CC1)c1ccc2c(n1)sc1nc(-c3ccc(NC(=O)Nc4cc(C(C)(C)C)on4)cc3)cn12. The molecule has 0 atom stereocenters. The van der Waals surface area contributed by atoms with E-state index in [0.29, 0.717) is 17.3 Å². The van der Waals surface area contributed by atoms with Gasteiger partial charge in [0.1, 0.15) is 16.4 Å². The van der Waals surface area contributed by atoms with Gasteiger partial charge in [-0.1, -0.05) is 49.4 Å². The predicted octanol–water partition coefficient (Wildman–Crippen LogP) is 6.07. The van der Waals surface area contributed by atoms with Crippen molar-refractivity contribution in [3.63, 3.8) is 0 Å². The zero-order valence-corrected chi connectivity index (χ0v) is 24.5. The second kappa shape index (κ2) is 9.60. The molecule has 4 aromatic heterocycles. The Morgan fingerprint density at radius 1 is 1.07 bits per heavy atom. The minimum Gasteiger partial charge on any atom is -0.359 e. The zero-order valence-electron chi connectivity index (χ0n) is 23.6. The number of likely N-dealkylation sites (N-methyl/N-ethyl adjacent to an activating group) is 2. The molecule has 40 heavy (non-hydrogen) atoms. The molecule has 5 aromatic rings. The molecule has 2 amide bonds. The Morgan fingerprint density at radius 3 is 2.48 bits per heavy atom. The van der Waals surface area contributed by atoms with Crippen LogP contribution in [0.25, 0.3) is 26.6 Å². The molecule has 2 N–H and O–H groups in total. The fourth-order valence-corrected chi connectivity index (χ4v) is 5.81. The number of imidazole rings is 1. The topological polar surface area (TPSA) is 104 Å². The third-order valence-electron chi connectivity index (χ3n) is 7.57. The van der Waals surface area contributed by atoms with Gasteiger partial charge < -0.3 is 19.6 Å². The molecular formula is C29H34N8O2S. The number of amides is 2. The molecule has 0 spiro atoms. The van der Waals surface area contributed by atoms with Crippen LogP contribution in [-0.4, -0.2) is 63.7 Å². The second-order valence-corrected chi connectivity index (χ2v) is 12.8. The summed E-state index contributed by atoms with van der Waals surface area (Å²) >= 11 is 1.59. The van der Waals surface area contributed by atoms with Crippen molar-refractivity contribution in [2.45, 2.75) is 44.6 Å². The van der Waals surface area contributed by atoms with Gasteiger partial charge in [-0.05, 0) is 51.2 Å². The lowest BCUT2D eigenvalue weighted by Gasteiger charge is -2.29. The standard InChI is InChI=1S/C29H34N8O2S/c1-28(2,3)22-15-23(34-39-22)32-26(38)30-19-9-7-18(8-10-19)20-16-37-21-11-12-24(33-25(21)40-27(37)31-20)36(6)17-29(13-14-29)35(4)5/h7-12,15-16H,13-14,17H2,1-6H3,(H2,30,32,34,38). The molecular weight excluding hydrogens is 524 g/mol. The van der Waals surface area contributed by atoms with Crippen LogP contribution < -0.4 is 15.5 Å². The number of thiazole rings is 1. The molecule has 4 heterocycles. The Kier molecular flexibility index (Phi) is 6.30. The quantitative estimate of drug-likeness (QED) is 0.250. The first kappa shape index (κ1) is 26.3. The molecule has 0 saturated heterocycles. The van der Waals surface area contributed by atoms with Gasteiger partial charge in [-0.15, -0.1) is 0 Å². The van der Waals surface area contributed by atoms with Crippen LogP contribution in [0.4, 0.5) is 22.1 Å². The summed E-state index contributed by atoms with van der Waals surface area (Å²) in [4.78, 5) is 28.7. The molecule has 0 bridgehead atoms. The number of nitrogens with one attached hydrogen (secondary N) is 2. The third-order valence-corrected chi connectivity index (χ3v) is 8.54. The monoisotopic (exact) mass is 558 g/mol. The number of carbonyl (C=O) groups is 1. The molecule has 1 aliphatic carbocycles. The van der Waals surface area contributed by atoms with Gasteiger partial charge in [0.25, 0.3) is 0 Å². The largest absolute Gasteiger partial charge is 0.359 e. The Labute approximate surface area is 237 Å². The first-order chi connectivity index (χ1) is 19.0. The van der Waals surface area contributed by atoms with Crippen LogP contribution in [0.1, 0.15) is 39.4 Å². The summed E-state index contributed by atoms with van der Waals surface area (Å²) < 4.78 is 7.42. The third kappa shape index (κ3) is 5.02. The lowest BCUT2D eigenvalue weighted by Crippen LogP contribution is -2.41. The molecule has 0 aliphatic heterocycles. The van der Waals surface area contributed by atoms with Crippen molar-refractivity contribution in [1.29, 1.82) is 0 Å². The number of rotatable bonds is 7. The number of urea groups is 1. The summed E-state index contributed by atoms with van der Waals surface area (Å²) in [6.07, 6.45) is 4.50. The van der Waals surface area contributed by atoms with Crippen molar-refractivity contribution in [3.05, 3.63) is 54.4 Å². The fourth-order valence-electron chi connectivity index (χ4n) is 4.83. The Hall–Kier alpha value is -3.96. The Morgan fingerprint density at radius 2 is 1.82 bits per heavy atom. The first-order valence-corrected chi connectivity index (χ1v) is 14.2. The minimum absolute atomic E-state index is 0.186. The Balaban J connectivity index is 1.13. The molecule has 1 fully saturated rings. The van der Waals surface area contributed by atoms with Crippen molar-refractivity contribution in [1.82, 2.24) is 24.4 Å². The summed E-state index contributed by atoms with van der Waals surface area (Å²) in [5, 5.41) is 9.47. The van der Waals surface area contributed by atoms with Crippen LogP contribution >= 0.6 is 11.3 Å². The number of anilines is 3. The van der Waals surface area contributed by atoms with Gasteiger partial charge in [0.2, 0.25) is 0 Å². The molecule has 1 aromatic carbocycles. The molecule has 10 nitrogen and oxygen atoms in total. The van der Waals surface area contributed by atoms with E-state index in [1.54, 1.807) is 17.4 Å². The van der Waals surface area contributed by atoms with Gasteiger partial charge in [-0.3, -0.25) is 9.72 Å². The molecule has 11 heteroatoms. The van der Waals surface area contributed by atoms with Gasteiger partial charge in [-0.25, -0.2) is 14.8 Å². The lowest BCUT2D eigenvalue weighted by molar-refractivity contribution is 0.262. The zero-order chi connectivity index (χ0) is 28.2. The highest BCUT2D eigenvalue weighted by Crippen LogP contribution is 2.41. The summed E-state index contributed by atoms with van der Waals surface area (Å²) in [6.45, 7) is 7.03. The molecule has 1 saturated carbocycles. The number of pyridine rings is 1. The molecule has 6 rings (SSSR count). The maximum Gasteiger partial charge on any atom is 0.324 e. The number of benzene rings is 1. The van der Waals surface area contributed by atoms with Crippen LogP contribution in [0.2, 0.25) is 0 Å². The van der Waals surface area contributed by atoms with E-state index in [-0.39, 0.29) is 17.0 Å². The number of hydrogen-bond donors (Lipinski definition) is 2. The van der Waals surface area contributed by atoms with E-state index in [2.05, 4.69) is 63.3 Å². The van der Waals surface area contributed by atoms with Gasteiger partial charge >= 0.3 is 6.03 Å². The van der Waals surface area contributed by atoms with Crippen molar-refractivity contribution in [2.75, 3.05) is 43.2 Å². The number of aromatic nitrogens is 4. The number of carbonyl (C=O) groups excluding carboxylic acids is 1. The van der Waals surface area contributed by atoms with Crippen molar-refractivity contribution < 1.29 is 9.32 Å². The number of nitrogens with zero attached hydrogens (tertiary/aromatic N) is 6. The molecule has 0 unspecified atom stereocenters. The average molecular weight is 559 g/mol. The first-order valence-electron chi connectivity index (χ1n) is 13.3. The maximum atomic E-state index is 12.4. The van der Waals surface area contributed by atoms with Crippen LogP contribution in [0.15, 0.2) is 53.2 Å². The van der Waals surface area contributed by atoms with Crippen LogP contribution in [-0.2, 0) is 5.41 Å². The summed E-state index contributed by atoms with van der Waals surface area (Å²) in [7, 11) is 6.44. The van der Waals surface area contributed by atoms with E-state index < -0.39 is 0 Å². The highest BCUT2D eigenvalue weighted by molar-refractivity contribution is 7.23. The summed E-state index contributed by atoms with van der Waals surface area (Å²) in [6, 6.07) is 13.2. The van der Waals surface area contributed by atoms with Crippen molar-refractivity contribution in [3.8, 4) is 11.3 Å². The van der Waals surface area contributed by atoms with Crippen molar-refractivity contribution in [2.24, 2.45) is 0 Å². The maximum absolute atomic E-state index is 12.4. The van der Waals surface area contributed by atoms with E-state index in [1.807, 2.05) is 51.2 Å². The lowest BCUT2D eigenvalue weighted by atomic mass is 9.93. The molecule has 0 radical (unpaired) electrons. The normalized spacial score (nSPS) is 14.7. The fraction of sp³-hybridized carbons (Fsp3) is 0.379. The van der Waals surface area contributed by atoms with E-state index in [1.165, 1.54) is 12.8 Å². The Bertz CT molecular complexity index is 1690. The second-order valence-electron chi connectivity index (χ2n) is 11.8. The van der Waals surface area contributed by atoms with E-state index in [4.69, 9.17) is 14.5 Å².